The van der Waals surface area contributed by atoms with Gasteiger partial charge in [-0.3, -0.25) is 0 Å². The first-order valence-electron chi connectivity index (χ1n) is 5.45. The molecule has 0 atom stereocenters. The molecule has 1 N–H and O–H groups in total. The average Bonchev–Trinajstić information content (AvgIpc) is 2.66. The lowest BCUT2D eigenvalue weighted by atomic mass is 10.2. The monoisotopic (exact) mass is 232 g/mol. The Morgan fingerprint density at radius 3 is 2.41 bits per heavy atom. The quantitative estimate of drug-likeness (QED) is 0.879. The molecule has 0 amide bonds. The molecule has 0 aliphatic heterocycles. The summed E-state index contributed by atoms with van der Waals surface area (Å²) in [6.07, 6.45) is 0. The third-order valence-corrected chi connectivity index (χ3v) is 2.98. The highest BCUT2D eigenvalue weighted by Gasteiger charge is 2.11. The van der Waals surface area contributed by atoms with Crippen LogP contribution in [0.1, 0.15) is 11.4 Å². The molecule has 0 unspecified atom stereocenters. The first kappa shape index (κ1) is 11.7. The molecule has 0 fully saturated rings. The molecule has 2 rings (SSSR count). The van der Waals surface area contributed by atoms with Gasteiger partial charge in [0.15, 0.2) is 0 Å². The van der Waals surface area contributed by atoms with E-state index >= 15 is 0 Å². The second-order valence-corrected chi connectivity index (χ2v) is 3.91. The van der Waals surface area contributed by atoms with Crippen LogP contribution in [0.5, 0.6) is 5.75 Å². The van der Waals surface area contributed by atoms with Crippen LogP contribution in [0.25, 0.3) is 11.4 Å². The summed E-state index contributed by atoms with van der Waals surface area (Å²) in [5.41, 5.74) is 2.72. The molecule has 2 aromatic rings. The molecule has 4 heteroatoms. The number of ether oxygens (including phenoxy) is 1. The van der Waals surface area contributed by atoms with Crippen molar-refractivity contribution < 1.29 is 9.84 Å². The van der Waals surface area contributed by atoms with E-state index in [4.69, 9.17) is 4.74 Å². The number of methoxy groups -OCH3 is 1. The summed E-state index contributed by atoms with van der Waals surface area (Å²) < 4.78 is 7.10. The number of hydrogen-bond acceptors (Lipinski definition) is 3. The lowest BCUT2D eigenvalue weighted by Gasteiger charge is -2.04. The van der Waals surface area contributed by atoms with Crippen molar-refractivity contribution in [3.63, 3.8) is 0 Å². The van der Waals surface area contributed by atoms with Gasteiger partial charge in [-0.05, 0) is 31.2 Å². The van der Waals surface area contributed by atoms with Crippen molar-refractivity contribution in [3.8, 4) is 17.1 Å². The number of benzene rings is 1. The Labute approximate surface area is 100 Å². The van der Waals surface area contributed by atoms with Crippen LogP contribution in [-0.4, -0.2) is 21.8 Å². The molecule has 1 aromatic heterocycles. The van der Waals surface area contributed by atoms with Crippen molar-refractivity contribution in [2.75, 3.05) is 7.11 Å². The Hall–Kier alpha value is -1.81. The number of rotatable bonds is 3. The maximum absolute atomic E-state index is 9.19. The first-order chi connectivity index (χ1) is 8.17. The topological polar surface area (TPSA) is 47.3 Å². The fourth-order valence-corrected chi connectivity index (χ4v) is 1.78. The van der Waals surface area contributed by atoms with Crippen LogP contribution in [0.2, 0.25) is 0 Å². The van der Waals surface area contributed by atoms with Crippen LogP contribution < -0.4 is 4.74 Å². The maximum Gasteiger partial charge on any atom is 0.140 e. The average molecular weight is 232 g/mol. The summed E-state index contributed by atoms with van der Waals surface area (Å²) in [5, 5.41) is 9.19. The minimum Gasteiger partial charge on any atom is -0.497 e. The Bertz CT molecular complexity index is 515. The van der Waals surface area contributed by atoms with E-state index in [0.717, 1.165) is 28.5 Å². The number of nitrogens with zero attached hydrogens (tertiary/aromatic N) is 2. The summed E-state index contributed by atoms with van der Waals surface area (Å²) in [5.74, 6) is 1.68. The minimum absolute atomic E-state index is 0.0319. The number of aliphatic hydroxyl groups is 1. The number of aliphatic hydroxyl groups excluding tert-OH is 1. The van der Waals surface area contributed by atoms with Crippen molar-refractivity contribution in [2.24, 2.45) is 7.05 Å². The fourth-order valence-electron chi connectivity index (χ4n) is 1.78. The number of hydrogen-bond donors (Lipinski definition) is 1. The van der Waals surface area contributed by atoms with E-state index in [2.05, 4.69) is 4.98 Å². The smallest absolute Gasteiger partial charge is 0.140 e. The van der Waals surface area contributed by atoms with Gasteiger partial charge in [0.25, 0.3) is 0 Å². The number of imidazole rings is 1. The van der Waals surface area contributed by atoms with Crippen LogP contribution in [0.15, 0.2) is 24.3 Å². The van der Waals surface area contributed by atoms with Gasteiger partial charge in [-0.1, -0.05) is 0 Å². The molecule has 0 radical (unpaired) electrons. The molecule has 4 nitrogen and oxygen atoms in total. The SMILES string of the molecule is COc1ccc(-c2nc(CO)c(C)n2C)cc1. The van der Waals surface area contributed by atoms with E-state index in [-0.39, 0.29) is 6.61 Å². The zero-order chi connectivity index (χ0) is 12.4. The van der Waals surface area contributed by atoms with Gasteiger partial charge in [0, 0.05) is 18.3 Å². The van der Waals surface area contributed by atoms with Gasteiger partial charge in [0.05, 0.1) is 19.4 Å². The lowest BCUT2D eigenvalue weighted by Crippen LogP contribution is -1.95. The molecule has 0 spiro atoms. The summed E-state index contributed by atoms with van der Waals surface area (Å²) >= 11 is 0. The van der Waals surface area contributed by atoms with Crippen LogP contribution in [0.3, 0.4) is 0 Å². The van der Waals surface area contributed by atoms with Crippen LogP contribution in [0.4, 0.5) is 0 Å². The Kier molecular flexibility index (Phi) is 3.15. The van der Waals surface area contributed by atoms with E-state index in [1.807, 2.05) is 42.8 Å². The Morgan fingerprint density at radius 2 is 1.94 bits per heavy atom. The zero-order valence-corrected chi connectivity index (χ0v) is 10.3. The van der Waals surface area contributed by atoms with Crippen molar-refractivity contribution in [1.29, 1.82) is 0 Å². The summed E-state index contributed by atoms with van der Waals surface area (Å²) in [6.45, 7) is 1.92. The first-order valence-corrected chi connectivity index (χ1v) is 5.45. The molecule has 90 valence electrons. The Morgan fingerprint density at radius 1 is 1.29 bits per heavy atom. The van der Waals surface area contributed by atoms with Gasteiger partial charge in [0.1, 0.15) is 11.6 Å². The predicted octanol–water partition coefficient (Wildman–Crippen LogP) is 1.90. The van der Waals surface area contributed by atoms with Gasteiger partial charge in [-0.2, -0.15) is 0 Å². The minimum atomic E-state index is -0.0319. The lowest BCUT2D eigenvalue weighted by molar-refractivity contribution is 0.276. The van der Waals surface area contributed by atoms with Crippen LogP contribution in [-0.2, 0) is 13.7 Å². The van der Waals surface area contributed by atoms with Gasteiger partial charge in [0.2, 0.25) is 0 Å². The largest absolute Gasteiger partial charge is 0.497 e. The summed E-state index contributed by atoms with van der Waals surface area (Å²) in [7, 11) is 3.59. The second kappa shape index (κ2) is 4.59. The van der Waals surface area contributed by atoms with Crippen molar-refractivity contribution in [3.05, 3.63) is 35.7 Å². The van der Waals surface area contributed by atoms with Gasteiger partial charge in [-0.15, -0.1) is 0 Å². The van der Waals surface area contributed by atoms with Crippen molar-refractivity contribution >= 4 is 0 Å². The van der Waals surface area contributed by atoms with Crippen LogP contribution in [0, 0.1) is 6.92 Å². The standard InChI is InChI=1S/C13H16N2O2/c1-9-12(8-16)14-13(15(9)2)10-4-6-11(17-3)7-5-10/h4-7,16H,8H2,1-3H3. The van der Waals surface area contributed by atoms with E-state index in [1.54, 1.807) is 7.11 Å². The summed E-state index contributed by atoms with van der Waals surface area (Å²) in [4.78, 5) is 4.43. The number of aromatic nitrogens is 2. The zero-order valence-electron chi connectivity index (χ0n) is 10.3. The molecule has 0 aliphatic carbocycles. The van der Waals surface area contributed by atoms with E-state index in [9.17, 15) is 5.11 Å². The van der Waals surface area contributed by atoms with Gasteiger partial charge >= 0.3 is 0 Å². The molecular weight excluding hydrogens is 216 g/mol. The van der Waals surface area contributed by atoms with Gasteiger partial charge < -0.3 is 14.4 Å². The molecule has 17 heavy (non-hydrogen) atoms. The molecule has 1 heterocycles. The predicted molar refractivity (Wildman–Crippen MR) is 65.9 cm³/mol. The normalized spacial score (nSPS) is 10.6. The molecule has 0 aliphatic rings. The third kappa shape index (κ3) is 2.03. The van der Waals surface area contributed by atoms with E-state index in [0.29, 0.717) is 0 Å². The summed E-state index contributed by atoms with van der Waals surface area (Å²) in [6, 6.07) is 7.72. The highest BCUT2D eigenvalue weighted by atomic mass is 16.5. The highest BCUT2D eigenvalue weighted by Crippen LogP contribution is 2.23. The molecule has 0 bridgehead atoms. The van der Waals surface area contributed by atoms with E-state index < -0.39 is 0 Å². The van der Waals surface area contributed by atoms with Crippen molar-refractivity contribution in [1.82, 2.24) is 9.55 Å². The molecule has 0 saturated carbocycles. The highest BCUT2D eigenvalue weighted by molar-refractivity contribution is 5.58. The third-order valence-electron chi connectivity index (χ3n) is 2.98. The van der Waals surface area contributed by atoms with Gasteiger partial charge in [-0.25, -0.2) is 4.98 Å². The van der Waals surface area contributed by atoms with Crippen molar-refractivity contribution in [2.45, 2.75) is 13.5 Å². The molecule has 1 aromatic carbocycles. The molecular formula is C13H16N2O2. The second-order valence-electron chi connectivity index (χ2n) is 3.91. The molecule has 0 saturated heterocycles. The van der Waals surface area contributed by atoms with Crippen LogP contribution >= 0.6 is 0 Å². The van der Waals surface area contributed by atoms with E-state index in [1.165, 1.54) is 0 Å². The maximum atomic E-state index is 9.19. The Balaban J connectivity index is 2.45. The fraction of sp³-hybridized carbons (Fsp3) is 0.308.